The van der Waals surface area contributed by atoms with E-state index < -0.39 is 0 Å². The Morgan fingerprint density at radius 3 is 3.00 bits per heavy atom. The van der Waals surface area contributed by atoms with E-state index in [0.717, 1.165) is 30.6 Å². The first-order valence-corrected chi connectivity index (χ1v) is 5.22. The van der Waals surface area contributed by atoms with E-state index in [4.69, 9.17) is 22.1 Å². The van der Waals surface area contributed by atoms with Crippen molar-refractivity contribution in [3.63, 3.8) is 0 Å². The first kappa shape index (κ1) is 9.81. The molecule has 2 N–H and O–H groups in total. The molecule has 1 atom stereocenters. The van der Waals surface area contributed by atoms with Gasteiger partial charge in [-0.15, -0.1) is 0 Å². The minimum Gasteiger partial charge on any atom is -0.495 e. The van der Waals surface area contributed by atoms with E-state index in [1.807, 2.05) is 6.07 Å². The average molecular weight is 212 g/mol. The van der Waals surface area contributed by atoms with E-state index in [-0.39, 0.29) is 6.04 Å². The summed E-state index contributed by atoms with van der Waals surface area (Å²) in [6.45, 7) is 0. The van der Waals surface area contributed by atoms with E-state index in [2.05, 4.69) is 6.07 Å². The molecule has 0 radical (unpaired) electrons. The second-order valence-corrected chi connectivity index (χ2v) is 4.03. The van der Waals surface area contributed by atoms with Crippen LogP contribution in [0.3, 0.4) is 0 Å². The van der Waals surface area contributed by atoms with Crippen molar-refractivity contribution in [1.29, 1.82) is 0 Å². The van der Waals surface area contributed by atoms with Gasteiger partial charge in [0.15, 0.2) is 0 Å². The molecule has 76 valence electrons. The molecule has 1 aromatic carbocycles. The Kier molecular flexibility index (Phi) is 2.66. The fraction of sp³-hybridized carbons (Fsp3) is 0.455. The van der Waals surface area contributed by atoms with Crippen molar-refractivity contribution in [3.05, 3.63) is 28.3 Å². The summed E-state index contributed by atoms with van der Waals surface area (Å²) in [6.07, 6.45) is 3.24. The maximum absolute atomic E-state index is 6.22. The summed E-state index contributed by atoms with van der Waals surface area (Å²) >= 11 is 6.22. The lowest BCUT2D eigenvalue weighted by Crippen LogP contribution is -2.18. The molecule has 2 rings (SSSR count). The number of hydrogen-bond acceptors (Lipinski definition) is 2. The van der Waals surface area contributed by atoms with Crippen LogP contribution < -0.4 is 10.5 Å². The topological polar surface area (TPSA) is 35.2 Å². The Labute approximate surface area is 89.0 Å². The largest absolute Gasteiger partial charge is 0.495 e. The number of methoxy groups -OCH3 is 1. The highest BCUT2D eigenvalue weighted by molar-refractivity contribution is 6.33. The third-order valence-corrected chi connectivity index (χ3v) is 3.18. The Hall–Kier alpha value is -0.730. The molecule has 0 heterocycles. The van der Waals surface area contributed by atoms with Crippen LogP contribution in [0.25, 0.3) is 0 Å². The molecule has 0 aromatic heterocycles. The van der Waals surface area contributed by atoms with E-state index >= 15 is 0 Å². The molecule has 14 heavy (non-hydrogen) atoms. The summed E-state index contributed by atoms with van der Waals surface area (Å²) in [7, 11) is 1.63. The van der Waals surface area contributed by atoms with E-state index in [0.29, 0.717) is 5.02 Å². The number of halogens is 1. The minimum absolute atomic E-state index is 0.0707. The number of aryl methyl sites for hydroxylation is 1. The molecular formula is C11H14ClNO. The number of benzene rings is 1. The fourth-order valence-electron chi connectivity index (χ4n) is 2.05. The lowest BCUT2D eigenvalue weighted by Gasteiger charge is -2.24. The number of rotatable bonds is 1. The third kappa shape index (κ3) is 1.49. The van der Waals surface area contributed by atoms with Crippen LogP contribution in [-0.4, -0.2) is 7.11 Å². The van der Waals surface area contributed by atoms with Crippen LogP contribution in [0.1, 0.15) is 30.0 Å². The maximum atomic E-state index is 6.22. The summed E-state index contributed by atoms with van der Waals surface area (Å²) in [5, 5.41) is 0.692. The molecule has 0 bridgehead atoms. The number of nitrogens with two attached hydrogens (primary N) is 1. The Morgan fingerprint density at radius 1 is 1.50 bits per heavy atom. The highest BCUT2D eigenvalue weighted by atomic mass is 35.5. The highest BCUT2D eigenvalue weighted by Gasteiger charge is 2.21. The Bertz CT molecular complexity index is 351. The molecular weight excluding hydrogens is 198 g/mol. The molecule has 1 aliphatic carbocycles. The predicted molar refractivity (Wildman–Crippen MR) is 57.9 cm³/mol. The van der Waals surface area contributed by atoms with E-state index in [1.54, 1.807) is 7.11 Å². The molecule has 1 aliphatic rings. The monoisotopic (exact) mass is 211 g/mol. The van der Waals surface area contributed by atoms with Crippen LogP contribution in [-0.2, 0) is 6.42 Å². The minimum atomic E-state index is 0.0707. The molecule has 0 saturated heterocycles. The van der Waals surface area contributed by atoms with Crippen molar-refractivity contribution in [2.45, 2.75) is 25.3 Å². The standard InChI is InChI=1S/C11H14ClNO/c1-14-9-6-5-7-3-2-4-8(13)10(7)11(9)12/h5-6,8H,2-4,13H2,1H3/t8-/m0/s1. The number of ether oxygens (including phenoxy) is 1. The second kappa shape index (κ2) is 3.79. The first-order chi connectivity index (χ1) is 6.74. The zero-order chi connectivity index (χ0) is 10.1. The van der Waals surface area contributed by atoms with Crippen LogP contribution in [0, 0.1) is 0 Å². The first-order valence-electron chi connectivity index (χ1n) is 4.85. The lowest BCUT2D eigenvalue weighted by molar-refractivity contribution is 0.412. The molecule has 1 aromatic rings. The zero-order valence-corrected chi connectivity index (χ0v) is 8.97. The number of fused-ring (bicyclic) bond motifs is 1. The van der Waals surface area contributed by atoms with Crippen molar-refractivity contribution in [1.82, 2.24) is 0 Å². The van der Waals surface area contributed by atoms with Gasteiger partial charge in [-0.2, -0.15) is 0 Å². The number of hydrogen-bond donors (Lipinski definition) is 1. The summed E-state index contributed by atoms with van der Waals surface area (Å²) < 4.78 is 5.17. The van der Waals surface area contributed by atoms with Crippen LogP contribution >= 0.6 is 11.6 Å². The Balaban J connectivity index is 2.54. The van der Waals surface area contributed by atoms with Crippen LogP contribution in [0.5, 0.6) is 5.75 Å². The van der Waals surface area contributed by atoms with Crippen molar-refractivity contribution in [2.24, 2.45) is 5.73 Å². The van der Waals surface area contributed by atoms with Crippen LogP contribution in [0.4, 0.5) is 0 Å². The van der Waals surface area contributed by atoms with Gasteiger partial charge in [-0.1, -0.05) is 17.7 Å². The lowest BCUT2D eigenvalue weighted by atomic mass is 9.88. The maximum Gasteiger partial charge on any atom is 0.137 e. The van der Waals surface area contributed by atoms with Gasteiger partial charge in [0.05, 0.1) is 12.1 Å². The molecule has 0 fully saturated rings. The summed E-state index contributed by atoms with van der Waals surface area (Å²) in [4.78, 5) is 0. The smallest absolute Gasteiger partial charge is 0.137 e. The summed E-state index contributed by atoms with van der Waals surface area (Å²) in [5.41, 5.74) is 8.38. The SMILES string of the molecule is COc1ccc2c(c1Cl)[C@@H](N)CCC2. The second-order valence-electron chi connectivity index (χ2n) is 3.65. The predicted octanol–water partition coefficient (Wildman–Crippen LogP) is 2.68. The van der Waals surface area contributed by atoms with Gasteiger partial charge < -0.3 is 10.5 Å². The van der Waals surface area contributed by atoms with Gasteiger partial charge in [0.1, 0.15) is 5.75 Å². The Morgan fingerprint density at radius 2 is 2.29 bits per heavy atom. The van der Waals surface area contributed by atoms with Gasteiger partial charge >= 0.3 is 0 Å². The van der Waals surface area contributed by atoms with Gasteiger partial charge in [0.25, 0.3) is 0 Å². The normalized spacial score (nSPS) is 20.4. The molecule has 0 aliphatic heterocycles. The quantitative estimate of drug-likeness (QED) is 0.775. The van der Waals surface area contributed by atoms with Crippen LogP contribution in [0.2, 0.25) is 5.02 Å². The zero-order valence-electron chi connectivity index (χ0n) is 8.22. The van der Waals surface area contributed by atoms with Gasteiger partial charge in [-0.25, -0.2) is 0 Å². The summed E-state index contributed by atoms with van der Waals surface area (Å²) in [5.74, 6) is 0.725. The van der Waals surface area contributed by atoms with E-state index in [9.17, 15) is 0 Å². The fourth-order valence-corrected chi connectivity index (χ4v) is 2.45. The molecule has 3 heteroatoms. The van der Waals surface area contributed by atoms with E-state index in [1.165, 1.54) is 5.56 Å². The molecule has 0 saturated carbocycles. The molecule has 0 unspecified atom stereocenters. The highest BCUT2D eigenvalue weighted by Crippen LogP contribution is 2.38. The van der Waals surface area contributed by atoms with Gasteiger partial charge in [-0.3, -0.25) is 0 Å². The van der Waals surface area contributed by atoms with Gasteiger partial charge in [0, 0.05) is 6.04 Å². The molecule has 0 amide bonds. The van der Waals surface area contributed by atoms with Crippen molar-refractivity contribution in [2.75, 3.05) is 7.11 Å². The average Bonchev–Trinajstić information content (AvgIpc) is 2.18. The van der Waals surface area contributed by atoms with Gasteiger partial charge in [0.2, 0.25) is 0 Å². The van der Waals surface area contributed by atoms with Gasteiger partial charge in [-0.05, 0) is 36.5 Å². The van der Waals surface area contributed by atoms with Crippen molar-refractivity contribution < 1.29 is 4.74 Å². The molecule has 0 spiro atoms. The van der Waals surface area contributed by atoms with Crippen molar-refractivity contribution in [3.8, 4) is 5.75 Å². The van der Waals surface area contributed by atoms with Crippen LogP contribution in [0.15, 0.2) is 12.1 Å². The molecule has 2 nitrogen and oxygen atoms in total. The summed E-state index contributed by atoms with van der Waals surface area (Å²) in [6, 6.07) is 4.06. The third-order valence-electron chi connectivity index (χ3n) is 2.79. The van der Waals surface area contributed by atoms with Crippen molar-refractivity contribution >= 4 is 11.6 Å².